The molecule has 112 valence electrons. The Hall–Kier alpha value is -1.28. The predicted octanol–water partition coefficient (Wildman–Crippen LogP) is 6.35. The average molecular weight is 346 g/mol. The zero-order chi connectivity index (χ0) is 15.5. The molecule has 0 aliphatic carbocycles. The summed E-state index contributed by atoms with van der Waals surface area (Å²) in [5.41, 5.74) is 4.01. The Morgan fingerprint density at radius 2 is 1.67 bits per heavy atom. The molecular formula is C19H24BrN. The van der Waals surface area contributed by atoms with Gasteiger partial charge in [-0.2, -0.15) is 0 Å². The van der Waals surface area contributed by atoms with Gasteiger partial charge in [0.25, 0.3) is 0 Å². The average Bonchev–Trinajstić information content (AvgIpc) is 2.42. The van der Waals surface area contributed by atoms with E-state index >= 15 is 0 Å². The Labute approximate surface area is 136 Å². The molecule has 0 aromatic heterocycles. The fraction of sp³-hybridized carbons (Fsp3) is 0.368. The lowest BCUT2D eigenvalue weighted by Crippen LogP contribution is -2.19. The largest absolute Gasteiger partial charge is 0.377 e. The minimum atomic E-state index is 0.268. The van der Waals surface area contributed by atoms with Gasteiger partial charge < -0.3 is 5.32 Å². The fourth-order valence-electron chi connectivity index (χ4n) is 2.50. The van der Waals surface area contributed by atoms with Crippen LogP contribution >= 0.6 is 15.9 Å². The molecule has 0 radical (unpaired) electrons. The van der Waals surface area contributed by atoms with Gasteiger partial charge in [-0.05, 0) is 51.9 Å². The van der Waals surface area contributed by atoms with Crippen molar-refractivity contribution >= 4 is 21.6 Å². The van der Waals surface area contributed by atoms with Crippen LogP contribution in [0.2, 0.25) is 0 Å². The predicted molar refractivity (Wildman–Crippen MR) is 95.8 cm³/mol. The lowest BCUT2D eigenvalue weighted by Gasteiger charge is -2.28. The van der Waals surface area contributed by atoms with Crippen LogP contribution in [0.15, 0.2) is 53.0 Å². The Morgan fingerprint density at radius 3 is 2.29 bits per heavy atom. The van der Waals surface area contributed by atoms with E-state index in [-0.39, 0.29) is 5.41 Å². The molecule has 1 N–H and O–H groups in total. The van der Waals surface area contributed by atoms with Gasteiger partial charge in [0.05, 0.1) is 6.04 Å². The molecule has 0 fully saturated rings. The normalized spacial score (nSPS) is 13.0. The second-order valence-electron chi connectivity index (χ2n) is 6.81. The molecule has 2 aromatic carbocycles. The van der Waals surface area contributed by atoms with E-state index in [9.17, 15) is 0 Å². The molecule has 1 nitrogen and oxygen atoms in total. The SMILES string of the molecule is Cc1cccc(NC(CC(C)(C)C)c2ccccc2)c1Br. The van der Waals surface area contributed by atoms with Crippen LogP contribution in [-0.4, -0.2) is 0 Å². The van der Waals surface area contributed by atoms with E-state index in [0.29, 0.717) is 6.04 Å². The van der Waals surface area contributed by atoms with Crippen LogP contribution in [0.5, 0.6) is 0 Å². The third-order valence-electron chi connectivity index (χ3n) is 3.54. The first-order valence-corrected chi connectivity index (χ1v) is 8.23. The molecule has 0 spiro atoms. The van der Waals surface area contributed by atoms with Crippen molar-refractivity contribution in [3.05, 3.63) is 64.1 Å². The van der Waals surface area contributed by atoms with Gasteiger partial charge >= 0.3 is 0 Å². The summed E-state index contributed by atoms with van der Waals surface area (Å²) in [7, 11) is 0. The van der Waals surface area contributed by atoms with E-state index in [2.05, 4.69) is 97.5 Å². The summed E-state index contributed by atoms with van der Waals surface area (Å²) in [5.74, 6) is 0. The van der Waals surface area contributed by atoms with Gasteiger partial charge in [-0.3, -0.25) is 0 Å². The highest BCUT2D eigenvalue weighted by molar-refractivity contribution is 9.10. The van der Waals surface area contributed by atoms with E-state index in [1.54, 1.807) is 0 Å². The van der Waals surface area contributed by atoms with Gasteiger partial charge in [-0.25, -0.2) is 0 Å². The number of aryl methyl sites for hydroxylation is 1. The standard InChI is InChI=1S/C19H24BrN/c1-14-9-8-12-16(18(14)20)21-17(13-19(2,3)4)15-10-6-5-7-11-15/h5-12,17,21H,13H2,1-4H3. The van der Waals surface area contributed by atoms with Crippen molar-refractivity contribution in [2.75, 3.05) is 5.32 Å². The van der Waals surface area contributed by atoms with Crippen LogP contribution in [0, 0.1) is 12.3 Å². The highest BCUT2D eigenvalue weighted by Gasteiger charge is 2.20. The minimum absolute atomic E-state index is 0.268. The molecule has 2 heteroatoms. The molecule has 2 aromatic rings. The highest BCUT2D eigenvalue weighted by atomic mass is 79.9. The summed E-state index contributed by atoms with van der Waals surface area (Å²) in [4.78, 5) is 0. The summed E-state index contributed by atoms with van der Waals surface area (Å²) in [6.07, 6.45) is 1.08. The molecule has 1 atom stereocenters. The van der Waals surface area contributed by atoms with Crippen LogP contribution in [-0.2, 0) is 0 Å². The maximum Gasteiger partial charge on any atom is 0.0519 e. The molecule has 0 saturated carbocycles. The summed E-state index contributed by atoms with van der Waals surface area (Å²) in [6.45, 7) is 8.98. The van der Waals surface area contributed by atoms with E-state index in [1.165, 1.54) is 11.1 Å². The van der Waals surface area contributed by atoms with Gasteiger partial charge in [0.15, 0.2) is 0 Å². The van der Waals surface area contributed by atoms with Crippen LogP contribution in [0.3, 0.4) is 0 Å². The quantitative estimate of drug-likeness (QED) is 0.680. The topological polar surface area (TPSA) is 12.0 Å². The van der Waals surface area contributed by atoms with Gasteiger partial charge in [-0.1, -0.05) is 63.2 Å². The first-order valence-electron chi connectivity index (χ1n) is 7.43. The molecule has 0 bridgehead atoms. The van der Waals surface area contributed by atoms with E-state index in [0.717, 1.165) is 16.6 Å². The van der Waals surface area contributed by atoms with E-state index in [4.69, 9.17) is 0 Å². The van der Waals surface area contributed by atoms with Gasteiger partial charge in [-0.15, -0.1) is 0 Å². The molecule has 2 rings (SSSR count). The van der Waals surface area contributed by atoms with Crippen LogP contribution in [0.1, 0.15) is 44.4 Å². The second-order valence-corrected chi connectivity index (χ2v) is 7.60. The van der Waals surface area contributed by atoms with Crippen molar-refractivity contribution < 1.29 is 0 Å². The van der Waals surface area contributed by atoms with Crippen molar-refractivity contribution in [3.8, 4) is 0 Å². The monoisotopic (exact) mass is 345 g/mol. The van der Waals surface area contributed by atoms with Crippen LogP contribution in [0.4, 0.5) is 5.69 Å². The summed E-state index contributed by atoms with van der Waals surface area (Å²) in [5, 5.41) is 3.71. The number of anilines is 1. The summed E-state index contributed by atoms with van der Waals surface area (Å²) >= 11 is 3.70. The third-order valence-corrected chi connectivity index (χ3v) is 4.59. The Kier molecular flexibility index (Phi) is 5.10. The molecule has 0 amide bonds. The van der Waals surface area contributed by atoms with Gasteiger partial charge in [0, 0.05) is 10.2 Å². The number of hydrogen-bond acceptors (Lipinski definition) is 1. The molecule has 0 heterocycles. The summed E-state index contributed by atoms with van der Waals surface area (Å²) in [6, 6.07) is 17.4. The maximum absolute atomic E-state index is 3.71. The third kappa shape index (κ3) is 4.60. The van der Waals surface area contributed by atoms with Crippen molar-refractivity contribution in [2.45, 2.75) is 40.2 Å². The van der Waals surface area contributed by atoms with Crippen molar-refractivity contribution in [1.29, 1.82) is 0 Å². The van der Waals surface area contributed by atoms with Crippen molar-refractivity contribution in [2.24, 2.45) is 5.41 Å². The zero-order valence-electron chi connectivity index (χ0n) is 13.3. The molecular weight excluding hydrogens is 322 g/mol. The smallest absolute Gasteiger partial charge is 0.0519 e. The zero-order valence-corrected chi connectivity index (χ0v) is 14.9. The Bertz CT molecular complexity index is 584. The Morgan fingerprint density at radius 1 is 1.00 bits per heavy atom. The van der Waals surface area contributed by atoms with Crippen LogP contribution in [0.25, 0.3) is 0 Å². The van der Waals surface area contributed by atoms with Gasteiger partial charge in [0.1, 0.15) is 0 Å². The molecule has 1 unspecified atom stereocenters. The first kappa shape index (κ1) is 16.1. The maximum atomic E-state index is 3.71. The Balaban J connectivity index is 2.30. The molecule has 0 saturated heterocycles. The molecule has 21 heavy (non-hydrogen) atoms. The lowest BCUT2D eigenvalue weighted by molar-refractivity contribution is 0.352. The number of hydrogen-bond donors (Lipinski definition) is 1. The van der Waals surface area contributed by atoms with Crippen molar-refractivity contribution in [1.82, 2.24) is 0 Å². The number of rotatable bonds is 4. The molecule has 0 aliphatic rings. The van der Waals surface area contributed by atoms with Crippen LogP contribution < -0.4 is 5.32 Å². The number of nitrogens with one attached hydrogen (secondary N) is 1. The van der Waals surface area contributed by atoms with E-state index in [1.807, 2.05) is 0 Å². The number of benzene rings is 2. The molecule has 0 aliphatic heterocycles. The highest BCUT2D eigenvalue weighted by Crippen LogP contribution is 2.35. The van der Waals surface area contributed by atoms with Gasteiger partial charge in [0.2, 0.25) is 0 Å². The number of halogens is 1. The summed E-state index contributed by atoms with van der Waals surface area (Å²) < 4.78 is 1.15. The van der Waals surface area contributed by atoms with E-state index < -0.39 is 0 Å². The first-order chi connectivity index (χ1) is 9.87. The second kappa shape index (κ2) is 6.65. The fourth-order valence-corrected chi connectivity index (χ4v) is 2.88. The minimum Gasteiger partial charge on any atom is -0.377 e. The lowest BCUT2D eigenvalue weighted by atomic mass is 9.85. The van der Waals surface area contributed by atoms with Crippen molar-refractivity contribution in [3.63, 3.8) is 0 Å².